The number of Topliss-reactive ketones (excluding diaryl/α,β-unsaturated/α-hetero) is 1. The minimum atomic E-state index is -0.0132. The van der Waals surface area contributed by atoms with E-state index in [1.165, 1.54) is 0 Å². The van der Waals surface area contributed by atoms with Crippen LogP contribution in [0, 0.1) is 11.4 Å². The molecule has 0 saturated heterocycles. The zero-order chi connectivity index (χ0) is 11.7. The molecule has 0 heterocycles. The van der Waals surface area contributed by atoms with Crippen molar-refractivity contribution in [2.45, 2.75) is 46.1 Å². The number of nitrogens with zero attached hydrogens (tertiary/aromatic N) is 1. The monoisotopic (exact) mass is 213 g/mol. The molecule has 0 aliphatic heterocycles. The number of carbonyl (C=O) groups excluding carboxylic acids is 1. The summed E-state index contributed by atoms with van der Waals surface area (Å²) in [4.78, 5) is 11.8. The predicted molar refractivity (Wildman–Crippen MR) is 61.2 cm³/mol. The SMILES string of the molecule is CCN[C@@H](CCCCN=N)C(=O)C(C)C. The maximum absolute atomic E-state index is 11.8. The third-order valence-corrected chi connectivity index (χ3v) is 2.38. The summed E-state index contributed by atoms with van der Waals surface area (Å²) < 4.78 is 0. The first-order valence-corrected chi connectivity index (χ1v) is 5.73. The number of carbonyl (C=O) groups is 1. The van der Waals surface area contributed by atoms with Gasteiger partial charge in [-0.2, -0.15) is 5.11 Å². The first-order chi connectivity index (χ1) is 7.13. The van der Waals surface area contributed by atoms with Gasteiger partial charge in [0.25, 0.3) is 0 Å². The lowest BCUT2D eigenvalue weighted by Gasteiger charge is -2.18. The third kappa shape index (κ3) is 6.33. The van der Waals surface area contributed by atoms with E-state index in [0.717, 1.165) is 25.8 Å². The fraction of sp³-hybridized carbons (Fsp3) is 0.909. The van der Waals surface area contributed by atoms with Crippen molar-refractivity contribution in [2.75, 3.05) is 13.1 Å². The molecule has 0 aromatic heterocycles. The fourth-order valence-corrected chi connectivity index (χ4v) is 1.53. The van der Waals surface area contributed by atoms with Crippen LogP contribution in [-0.2, 0) is 4.79 Å². The van der Waals surface area contributed by atoms with Crippen LogP contribution >= 0.6 is 0 Å². The first-order valence-electron chi connectivity index (χ1n) is 5.73. The summed E-state index contributed by atoms with van der Waals surface area (Å²) in [6.45, 7) is 7.29. The van der Waals surface area contributed by atoms with Crippen LogP contribution in [0.4, 0.5) is 0 Å². The Bertz CT molecular complexity index is 192. The Hall–Kier alpha value is -0.770. The summed E-state index contributed by atoms with van der Waals surface area (Å²) in [6, 6.07) is -0.0132. The molecule has 0 saturated carbocycles. The Morgan fingerprint density at radius 1 is 1.40 bits per heavy atom. The van der Waals surface area contributed by atoms with Crippen molar-refractivity contribution in [3.63, 3.8) is 0 Å². The molecule has 0 unspecified atom stereocenters. The minimum absolute atomic E-state index is 0.0132. The van der Waals surface area contributed by atoms with Gasteiger partial charge in [-0.1, -0.05) is 20.8 Å². The standard InChI is InChI=1S/C11H23N3O/c1-4-13-10(11(15)9(2)3)7-5-6-8-14-12/h9-10,12-13H,4-8H2,1-3H3/t10-/m0/s1. The molecule has 0 aliphatic rings. The van der Waals surface area contributed by atoms with Gasteiger partial charge in [0.2, 0.25) is 0 Å². The largest absolute Gasteiger partial charge is 0.308 e. The molecule has 0 fully saturated rings. The summed E-state index contributed by atoms with van der Waals surface area (Å²) in [7, 11) is 0. The van der Waals surface area contributed by atoms with Gasteiger partial charge in [-0.25, -0.2) is 5.53 Å². The van der Waals surface area contributed by atoms with Crippen molar-refractivity contribution in [3.8, 4) is 0 Å². The maximum Gasteiger partial charge on any atom is 0.152 e. The Balaban J connectivity index is 3.92. The number of likely N-dealkylation sites (N-methyl/N-ethyl adjacent to an activating group) is 1. The van der Waals surface area contributed by atoms with E-state index in [4.69, 9.17) is 5.53 Å². The lowest BCUT2D eigenvalue weighted by atomic mass is 9.97. The smallest absolute Gasteiger partial charge is 0.152 e. The Morgan fingerprint density at radius 2 is 2.07 bits per heavy atom. The summed E-state index contributed by atoms with van der Waals surface area (Å²) >= 11 is 0. The van der Waals surface area contributed by atoms with Crippen LogP contribution in [0.2, 0.25) is 0 Å². The Labute approximate surface area is 92.3 Å². The van der Waals surface area contributed by atoms with Crippen LogP contribution in [0.1, 0.15) is 40.0 Å². The molecule has 4 nitrogen and oxygen atoms in total. The average Bonchev–Trinajstić information content (AvgIpc) is 2.21. The number of unbranched alkanes of at least 4 members (excludes halogenated alkanes) is 1. The highest BCUT2D eigenvalue weighted by molar-refractivity contribution is 5.85. The quantitative estimate of drug-likeness (QED) is 0.456. The van der Waals surface area contributed by atoms with E-state index in [1.54, 1.807) is 0 Å². The van der Waals surface area contributed by atoms with Crippen LogP contribution in [0.15, 0.2) is 5.11 Å². The first kappa shape index (κ1) is 14.2. The van der Waals surface area contributed by atoms with Gasteiger partial charge in [0.15, 0.2) is 5.78 Å². The summed E-state index contributed by atoms with van der Waals surface area (Å²) in [5, 5.41) is 6.52. The lowest BCUT2D eigenvalue weighted by molar-refractivity contribution is -0.124. The lowest BCUT2D eigenvalue weighted by Crippen LogP contribution is -2.39. The number of hydrogen-bond acceptors (Lipinski definition) is 4. The molecule has 0 aromatic rings. The molecular weight excluding hydrogens is 190 g/mol. The van der Waals surface area contributed by atoms with Gasteiger partial charge in [0, 0.05) is 5.92 Å². The molecule has 4 heteroatoms. The molecule has 0 radical (unpaired) electrons. The number of hydrogen-bond donors (Lipinski definition) is 2. The van der Waals surface area contributed by atoms with Gasteiger partial charge < -0.3 is 5.32 Å². The van der Waals surface area contributed by atoms with Crippen LogP contribution in [0.3, 0.4) is 0 Å². The van der Waals surface area contributed by atoms with Gasteiger partial charge in [0.05, 0.1) is 12.6 Å². The normalized spacial score (nSPS) is 12.8. The van der Waals surface area contributed by atoms with E-state index in [9.17, 15) is 4.79 Å². The van der Waals surface area contributed by atoms with E-state index in [0.29, 0.717) is 12.3 Å². The molecule has 0 spiro atoms. The van der Waals surface area contributed by atoms with Crippen LogP contribution in [0.5, 0.6) is 0 Å². The van der Waals surface area contributed by atoms with Crippen molar-refractivity contribution in [2.24, 2.45) is 11.0 Å². The second-order valence-corrected chi connectivity index (χ2v) is 4.04. The molecule has 0 amide bonds. The molecule has 0 aromatic carbocycles. The van der Waals surface area contributed by atoms with E-state index < -0.39 is 0 Å². The van der Waals surface area contributed by atoms with Gasteiger partial charge in [0.1, 0.15) is 0 Å². The Kier molecular flexibility index (Phi) is 8.09. The summed E-state index contributed by atoms with van der Waals surface area (Å²) in [5.74, 6) is 0.384. The zero-order valence-corrected chi connectivity index (χ0v) is 10.0. The minimum Gasteiger partial charge on any atom is -0.308 e. The summed E-state index contributed by atoms with van der Waals surface area (Å²) in [5.41, 5.74) is 6.66. The van der Waals surface area contributed by atoms with Crippen molar-refractivity contribution in [1.82, 2.24) is 5.32 Å². The van der Waals surface area contributed by atoms with Gasteiger partial charge in [-0.3, -0.25) is 4.79 Å². The summed E-state index contributed by atoms with van der Waals surface area (Å²) in [6.07, 6.45) is 2.72. The predicted octanol–water partition coefficient (Wildman–Crippen LogP) is 2.39. The molecule has 2 N–H and O–H groups in total. The molecular formula is C11H23N3O. The van der Waals surface area contributed by atoms with E-state index in [2.05, 4.69) is 10.4 Å². The highest BCUT2D eigenvalue weighted by Gasteiger charge is 2.19. The molecule has 1 atom stereocenters. The van der Waals surface area contributed by atoms with Crippen molar-refractivity contribution >= 4 is 5.78 Å². The van der Waals surface area contributed by atoms with E-state index in [-0.39, 0.29) is 12.0 Å². The number of rotatable bonds is 9. The van der Waals surface area contributed by atoms with E-state index >= 15 is 0 Å². The topological polar surface area (TPSA) is 65.3 Å². The highest BCUT2D eigenvalue weighted by Crippen LogP contribution is 2.07. The molecule has 88 valence electrons. The highest BCUT2D eigenvalue weighted by atomic mass is 16.1. The second-order valence-electron chi connectivity index (χ2n) is 4.04. The zero-order valence-electron chi connectivity index (χ0n) is 10.0. The van der Waals surface area contributed by atoms with Crippen LogP contribution in [0.25, 0.3) is 0 Å². The third-order valence-electron chi connectivity index (χ3n) is 2.38. The van der Waals surface area contributed by atoms with Gasteiger partial charge in [-0.05, 0) is 25.8 Å². The number of nitrogens with one attached hydrogen (secondary N) is 2. The molecule has 0 aliphatic carbocycles. The second kappa shape index (κ2) is 8.53. The average molecular weight is 213 g/mol. The van der Waals surface area contributed by atoms with Crippen molar-refractivity contribution in [3.05, 3.63) is 0 Å². The number of ketones is 1. The van der Waals surface area contributed by atoms with Crippen LogP contribution in [-0.4, -0.2) is 24.9 Å². The Morgan fingerprint density at radius 3 is 2.53 bits per heavy atom. The van der Waals surface area contributed by atoms with E-state index in [1.807, 2.05) is 20.8 Å². The van der Waals surface area contributed by atoms with Gasteiger partial charge in [-0.15, -0.1) is 0 Å². The molecule has 0 bridgehead atoms. The van der Waals surface area contributed by atoms with Crippen molar-refractivity contribution in [1.29, 1.82) is 5.53 Å². The molecule has 15 heavy (non-hydrogen) atoms. The van der Waals surface area contributed by atoms with Gasteiger partial charge >= 0.3 is 0 Å². The maximum atomic E-state index is 11.8. The van der Waals surface area contributed by atoms with Crippen molar-refractivity contribution < 1.29 is 4.79 Å². The fourth-order valence-electron chi connectivity index (χ4n) is 1.53. The molecule has 0 rings (SSSR count). The van der Waals surface area contributed by atoms with Crippen LogP contribution < -0.4 is 5.32 Å².